The predicted octanol–water partition coefficient (Wildman–Crippen LogP) is -0.194. The summed E-state index contributed by atoms with van der Waals surface area (Å²) < 4.78 is 4.79. The van der Waals surface area contributed by atoms with Gasteiger partial charge in [-0.2, -0.15) is 0 Å². The number of hydrogen-bond acceptors (Lipinski definition) is 5. The Balaban J connectivity index is 3.53. The van der Waals surface area contributed by atoms with E-state index in [1.54, 1.807) is 7.11 Å². The summed E-state index contributed by atoms with van der Waals surface area (Å²) in [4.78, 5) is 22.4. The van der Waals surface area contributed by atoms with Gasteiger partial charge in [0.05, 0.1) is 19.4 Å². The van der Waals surface area contributed by atoms with Crippen LogP contribution in [0.15, 0.2) is 0 Å². The highest BCUT2D eigenvalue weighted by atomic mass is 16.5. The summed E-state index contributed by atoms with van der Waals surface area (Å²) >= 11 is 0. The second-order valence-electron chi connectivity index (χ2n) is 4.11. The molecule has 0 spiro atoms. The Labute approximate surface area is 108 Å². The molecule has 1 amide bonds. The van der Waals surface area contributed by atoms with Crippen LogP contribution in [0.25, 0.3) is 0 Å². The largest absolute Gasteiger partial charge is 0.384 e. The van der Waals surface area contributed by atoms with Gasteiger partial charge in [-0.05, 0) is 26.2 Å². The van der Waals surface area contributed by atoms with Crippen molar-refractivity contribution in [1.29, 1.82) is 0 Å². The fourth-order valence-corrected chi connectivity index (χ4v) is 1.54. The molecule has 0 fully saturated rings. The van der Waals surface area contributed by atoms with Gasteiger partial charge in [0.2, 0.25) is 5.91 Å². The van der Waals surface area contributed by atoms with Gasteiger partial charge in [-0.15, -0.1) is 0 Å². The lowest BCUT2D eigenvalue weighted by molar-refractivity contribution is -0.122. The first-order chi connectivity index (χ1) is 8.61. The maximum Gasteiger partial charge on any atom is 0.222 e. The number of aliphatic hydroxyl groups is 1. The lowest BCUT2D eigenvalue weighted by Gasteiger charge is -2.13. The van der Waals surface area contributed by atoms with Crippen LogP contribution in [0.5, 0.6) is 0 Å². The third-order valence-corrected chi connectivity index (χ3v) is 2.60. The second kappa shape index (κ2) is 11.1. The Bertz CT molecular complexity index is 246. The summed E-state index contributed by atoms with van der Waals surface area (Å²) in [5, 5.41) is 14.2. The number of Topliss-reactive ketones (excluding diaryl/α,β-unsaturated/α-hetero) is 1. The van der Waals surface area contributed by atoms with E-state index in [0.29, 0.717) is 26.0 Å². The Hall–Kier alpha value is -0.980. The average molecular weight is 260 g/mol. The van der Waals surface area contributed by atoms with Gasteiger partial charge in [-0.3, -0.25) is 14.9 Å². The van der Waals surface area contributed by atoms with Gasteiger partial charge in [-0.25, -0.2) is 0 Å². The van der Waals surface area contributed by atoms with Crippen LogP contribution in [0, 0.1) is 0 Å². The topological polar surface area (TPSA) is 87.7 Å². The lowest BCUT2D eigenvalue weighted by Crippen LogP contribution is -2.36. The molecular formula is C12H24N2O4. The molecule has 18 heavy (non-hydrogen) atoms. The van der Waals surface area contributed by atoms with Crippen molar-refractivity contribution in [3.8, 4) is 0 Å². The minimum Gasteiger partial charge on any atom is -0.384 e. The van der Waals surface area contributed by atoms with Crippen LogP contribution < -0.4 is 10.6 Å². The standard InChI is InChI=1S/C12H24N2O4/c1-10(16)11(14-9-15)5-3-4-7-13-12(17)6-8-18-2/h11,14-15H,3-9H2,1-2H3,(H,13,17). The molecule has 0 bridgehead atoms. The highest BCUT2D eigenvalue weighted by Crippen LogP contribution is 2.01. The highest BCUT2D eigenvalue weighted by molar-refractivity contribution is 5.81. The Morgan fingerprint density at radius 1 is 1.33 bits per heavy atom. The van der Waals surface area contributed by atoms with Crippen molar-refractivity contribution in [2.75, 3.05) is 27.0 Å². The number of nitrogens with one attached hydrogen (secondary N) is 2. The van der Waals surface area contributed by atoms with Crippen LogP contribution in [0.2, 0.25) is 0 Å². The van der Waals surface area contributed by atoms with Gasteiger partial charge in [-0.1, -0.05) is 0 Å². The monoisotopic (exact) mass is 260 g/mol. The molecule has 0 aromatic carbocycles. The number of hydrogen-bond donors (Lipinski definition) is 3. The van der Waals surface area contributed by atoms with Crippen LogP contribution in [0.4, 0.5) is 0 Å². The van der Waals surface area contributed by atoms with Gasteiger partial charge >= 0.3 is 0 Å². The first-order valence-electron chi connectivity index (χ1n) is 6.22. The summed E-state index contributed by atoms with van der Waals surface area (Å²) in [6.07, 6.45) is 2.68. The molecule has 0 aliphatic carbocycles. The molecule has 0 radical (unpaired) electrons. The molecule has 0 aliphatic rings. The summed E-state index contributed by atoms with van der Waals surface area (Å²) in [6.45, 7) is 2.34. The number of unbranched alkanes of at least 4 members (excludes halogenated alkanes) is 1. The predicted molar refractivity (Wildman–Crippen MR) is 68.0 cm³/mol. The number of carbonyl (C=O) groups is 2. The minimum atomic E-state index is -0.292. The Kier molecular flexibility index (Phi) is 10.5. The number of rotatable bonds is 11. The van der Waals surface area contributed by atoms with Crippen molar-refractivity contribution in [2.24, 2.45) is 0 Å². The summed E-state index contributed by atoms with van der Waals surface area (Å²) in [5.74, 6) is 0.00151. The van der Waals surface area contributed by atoms with E-state index in [2.05, 4.69) is 10.6 Å². The molecule has 6 heteroatoms. The molecule has 1 atom stereocenters. The molecule has 0 rings (SSSR count). The van der Waals surface area contributed by atoms with E-state index >= 15 is 0 Å². The first kappa shape index (κ1) is 17.0. The molecule has 6 nitrogen and oxygen atoms in total. The van der Waals surface area contributed by atoms with Crippen molar-refractivity contribution >= 4 is 11.7 Å². The van der Waals surface area contributed by atoms with E-state index in [1.165, 1.54) is 6.92 Å². The van der Waals surface area contributed by atoms with E-state index in [0.717, 1.165) is 12.8 Å². The van der Waals surface area contributed by atoms with Crippen molar-refractivity contribution in [1.82, 2.24) is 10.6 Å². The summed E-state index contributed by atoms with van der Waals surface area (Å²) in [5.41, 5.74) is 0. The van der Waals surface area contributed by atoms with E-state index in [9.17, 15) is 9.59 Å². The normalized spacial score (nSPS) is 12.2. The quantitative estimate of drug-likeness (QED) is 0.354. The molecule has 0 saturated heterocycles. The summed E-state index contributed by atoms with van der Waals surface area (Å²) in [6, 6.07) is -0.292. The molecular weight excluding hydrogens is 236 g/mol. The van der Waals surface area contributed by atoms with E-state index in [-0.39, 0.29) is 24.5 Å². The second-order valence-corrected chi connectivity index (χ2v) is 4.11. The van der Waals surface area contributed by atoms with Crippen LogP contribution in [-0.2, 0) is 14.3 Å². The Morgan fingerprint density at radius 2 is 2.06 bits per heavy atom. The Morgan fingerprint density at radius 3 is 2.61 bits per heavy atom. The van der Waals surface area contributed by atoms with Crippen molar-refractivity contribution in [3.63, 3.8) is 0 Å². The van der Waals surface area contributed by atoms with E-state index < -0.39 is 0 Å². The zero-order valence-corrected chi connectivity index (χ0v) is 11.2. The van der Waals surface area contributed by atoms with Crippen LogP contribution in [-0.4, -0.2) is 49.8 Å². The van der Waals surface area contributed by atoms with Gasteiger partial charge in [0.25, 0.3) is 0 Å². The highest BCUT2D eigenvalue weighted by Gasteiger charge is 2.11. The van der Waals surface area contributed by atoms with Crippen molar-refractivity contribution in [3.05, 3.63) is 0 Å². The zero-order chi connectivity index (χ0) is 13.8. The number of aliphatic hydroxyl groups excluding tert-OH is 1. The third-order valence-electron chi connectivity index (χ3n) is 2.60. The smallest absolute Gasteiger partial charge is 0.222 e. The van der Waals surface area contributed by atoms with Crippen LogP contribution >= 0.6 is 0 Å². The number of ether oxygens (including phenoxy) is 1. The number of methoxy groups -OCH3 is 1. The number of ketones is 1. The average Bonchev–Trinajstić information content (AvgIpc) is 2.34. The molecule has 1 unspecified atom stereocenters. The third kappa shape index (κ3) is 9.09. The molecule has 0 aliphatic heterocycles. The maximum atomic E-state index is 11.2. The first-order valence-corrected chi connectivity index (χ1v) is 6.22. The number of carbonyl (C=O) groups excluding carboxylic acids is 2. The molecule has 0 aromatic heterocycles. The fourth-order valence-electron chi connectivity index (χ4n) is 1.54. The summed E-state index contributed by atoms with van der Waals surface area (Å²) in [7, 11) is 1.56. The van der Waals surface area contributed by atoms with E-state index in [1.807, 2.05) is 0 Å². The van der Waals surface area contributed by atoms with Gasteiger partial charge < -0.3 is 15.2 Å². The fraction of sp³-hybridized carbons (Fsp3) is 0.833. The lowest BCUT2D eigenvalue weighted by atomic mass is 10.1. The van der Waals surface area contributed by atoms with Crippen molar-refractivity contribution in [2.45, 2.75) is 38.6 Å². The van der Waals surface area contributed by atoms with Gasteiger partial charge in [0.1, 0.15) is 5.78 Å². The van der Waals surface area contributed by atoms with Gasteiger partial charge in [0.15, 0.2) is 0 Å². The SMILES string of the molecule is COCCC(=O)NCCCCC(NCO)C(C)=O. The van der Waals surface area contributed by atoms with Gasteiger partial charge in [0, 0.05) is 20.1 Å². The zero-order valence-electron chi connectivity index (χ0n) is 11.2. The molecule has 3 N–H and O–H groups in total. The van der Waals surface area contributed by atoms with Crippen LogP contribution in [0.3, 0.4) is 0 Å². The van der Waals surface area contributed by atoms with Crippen molar-refractivity contribution < 1.29 is 19.4 Å². The van der Waals surface area contributed by atoms with E-state index in [4.69, 9.17) is 9.84 Å². The van der Waals surface area contributed by atoms with Crippen LogP contribution in [0.1, 0.15) is 32.6 Å². The number of amides is 1. The molecule has 0 aromatic rings. The maximum absolute atomic E-state index is 11.2. The minimum absolute atomic E-state index is 0.0200. The molecule has 106 valence electrons. The molecule has 0 saturated carbocycles. The molecule has 0 heterocycles.